The third-order valence-corrected chi connectivity index (χ3v) is 6.69. The number of nitrogens with one attached hydrogen (secondary N) is 1. The Kier molecular flexibility index (Phi) is 5.55. The van der Waals surface area contributed by atoms with Crippen molar-refractivity contribution in [2.45, 2.75) is 63.2 Å². The number of ether oxygens (including phenoxy) is 1. The predicted octanol–water partition coefficient (Wildman–Crippen LogP) is 3.84. The number of hydrogen-bond acceptors (Lipinski definition) is 4. The van der Waals surface area contributed by atoms with Crippen LogP contribution in [0, 0.1) is 11.8 Å². The first kappa shape index (κ1) is 16.4. The van der Waals surface area contributed by atoms with E-state index in [0.717, 1.165) is 18.3 Å². The van der Waals surface area contributed by atoms with Crippen molar-refractivity contribution in [2.75, 3.05) is 13.6 Å². The lowest BCUT2D eigenvalue weighted by atomic mass is 9.69. The van der Waals surface area contributed by atoms with Gasteiger partial charge in [0.1, 0.15) is 0 Å². The van der Waals surface area contributed by atoms with Crippen LogP contribution in [-0.2, 0) is 10.5 Å². The Hall–Kier alpha value is -0.420. The van der Waals surface area contributed by atoms with E-state index in [1.807, 2.05) is 7.05 Å². The van der Waals surface area contributed by atoms with E-state index in [2.05, 4.69) is 22.8 Å². The van der Waals surface area contributed by atoms with Gasteiger partial charge in [0.15, 0.2) is 5.72 Å². The van der Waals surface area contributed by atoms with E-state index >= 15 is 0 Å². The second-order valence-corrected chi connectivity index (χ2v) is 7.84. The molecule has 0 aliphatic heterocycles. The summed E-state index contributed by atoms with van der Waals surface area (Å²) >= 11 is 1.77. The monoisotopic (exact) mass is 322 g/mol. The number of nitrogens with two attached hydrogens (primary N) is 1. The number of hydrogen-bond donors (Lipinski definition) is 2. The Morgan fingerprint density at radius 1 is 1.27 bits per heavy atom. The van der Waals surface area contributed by atoms with Crippen molar-refractivity contribution in [1.29, 1.82) is 0 Å². The summed E-state index contributed by atoms with van der Waals surface area (Å²) in [6, 6.07) is 4.29. The van der Waals surface area contributed by atoms with E-state index in [0.29, 0.717) is 12.6 Å². The summed E-state index contributed by atoms with van der Waals surface area (Å²) < 4.78 is 6.80. The molecule has 3 nitrogen and oxygen atoms in total. The lowest BCUT2D eigenvalue weighted by Gasteiger charge is -2.45. The highest BCUT2D eigenvalue weighted by molar-refractivity contribution is 7.10. The van der Waals surface area contributed by atoms with Gasteiger partial charge in [-0.15, -0.1) is 11.3 Å². The molecule has 0 radical (unpaired) electrons. The Morgan fingerprint density at radius 2 is 2.09 bits per heavy atom. The molecule has 1 heterocycles. The molecule has 22 heavy (non-hydrogen) atoms. The summed E-state index contributed by atoms with van der Waals surface area (Å²) in [5, 5.41) is 5.60. The smallest absolute Gasteiger partial charge is 0.155 e. The van der Waals surface area contributed by atoms with Crippen LogP contribution in [0.2, 0.25) is 0 Å². The van der Waals surface area contributed by atoms with Gasteiger partial charge in [-0.2, -0.15) is 0 Å². The molecule has 0 saturated heterocycles. The van der Waals surface area contributed by atoms with E-state index < -0.39 is 5.72 Å². The minimum Gasteiger partial charge on any atom is -0.352 e. The quantitative estimate of drug-likeness (QED) is 0.782. The standard InChI is InChI=1S/C18H30N2OS/c1-20-18(11-12-19,17-10-5-13-22-17)21-16-9-4-7-14-6-2-3-8-15(14)16/h5,10,13-16,20H,2-4,6-9,11-12,19H2,1H3. The van der Waals surface area contributed by atoms with Crippen molar-refractivity contribution in [3.63, 3.8) is 0 Å². The fraction of sp³-hybridized carbons (Fsp3) is 0.778. The second kappa shape index (κ2) is 7.43. The third kappa shape index (κ3) is 3.25. The fourth-order valence-electron chi connectivity index (χ4n) is 4.54. The number of rotatable bonds is 6. The Morgan fingerprint density at radius 3 is 2.82 bits per heavy atom. The Bertz CT molecular complexity index is 448. The fourth-order valence-corrected chi connectivity index (χ4v) is 5.45. The molecule has 1 aromatic heterocycles. The molecule has 0 amide bonds. The summed E-state index contributed by atoms with van der Waals surface area (Å²) in [4.78, 5) is 1.26. The average molecular weight is 323 g/mol. The minimum absolute atomic E-state index is 0.389. The number of thiophene rings is 1. The zero-order valence-electron chi connectivity index (χ0n) is 13.7. The Labute approximate surface area is 138 Å². The van der Waals surface area contributed by atoms with Gasteiger partial charge in [-0.3, -0.25) is 5.32 Å². The molecule has 0 bridgehead atoms. The number of fused-ring (bicyclic) bond motifs is 1. The van der Waals surface area contributed by atoms with E-state index in [-0.39, 0.29) is 0 Å². The second-order valence-electron chi connectivity index (χ2n) is 6.89. The molecule has 2 fully saturated rings. The topological polar surface area (TPSA) is 47.3 Å². The van der Waals surface area contributed by atoms with Crippen LogP contribution in [0.25, 0.3) is 0 Å². The van der Waals surface area contributed by atoms with Crippen LogP contribution in [0.15, 0.2) is 17.5 Å². The van der Waals surface area contributed by atoms with Crippen LogP contribution in [-0.4, -0.2) is 19.7 Å². The molecule has 3 N–H and O–H groups in total. The summed E-state index contributed by atoms with van der Waals surface area (Å²) in [6.45, 7) is 0.638. The molecule has 4 heteroatoms. The zero-order valence-corrected chi connectivity index (χ0v) is 14.5. The molecule has 0 aromatic carbocycles. The predicted molar refractivity (Wildman–Crippen MR) is 92.9 cm³/mol. The summed E-state index contributed by atoms with van der Waals surface area (Å²) in [5.41, 5.74) is 5.52. The SMILES string of the molecule is CNC(CCN)(OC1CCCC2CCCCC21)c1cccs1. The van der Waals surface area contributed by atoms with E-state index in [9.17, 15) is 0 Å². The molecule has 4 atom stereocenters. The van der Waals surface area contributed by atoms with Gasteiger partial charge in [0.25, 0.3) is 0 Å². The maximum absolute atomic E-state index is 6.80. The van der Waals surface area contributed by atoms with Gasteiger partial charge in [0.05, 0.1) is 11.0 Å². The molecule has 2 aliphatic carbocycles. The van der Waals surface area contributed by atoms with E-state index in [1.165, 1.54) is 49.8 Å². The lowest BCUT2D eigenvalue weighted by Crippen LogP contribution is -2.49. The van der Waals surface area contributed by atoms with Crippen LogP contribution >= 0.6 is 11.3 Å². The van der Waals surface area contributed by atoms with Gasteiger partial charge in [-0.05, 0) is 56.1 Å². The van der Waals surface area contributed by atoms with Gasteiger partial charge in [0.2, 0.25) is 0 Å². The summed E-state index contributed by atoms with van der Waals surface area (Å²) in [6.07, 6.45) is 10.7. The zero-order chi connectivity index (χ0) is 15.4. The molecule has 3 rings (SSSR count). The van der Waals surface area contributed by atoms with Crippen LogP contribution in [0.5, 0.6) is 0 Å². The first-order valence-corrected chi connectivity index (χ1v) is 9.78. The van der Waals surface area contributed by atoms with Crippen molar-refractivity contribution in [1.82, 2.24) is 5.32 Å². The van der Waals surface area contributed by atoms with Crippen LogP contribution < -0.4 is 11.1 Å². The normalized spacial score (nSPS) is 31.5. The van der Waals surface area contributed by atoms with Crippen molar-refractivity contribution in [2.24, 2.45) is 17.6 Å². The molecule has 2 saturated carbocycles. The highest BCUT2D eigenvalue weighted by Crippen LogP contribution is 2.44. The molecule has 1 aromatic rings. The van der Waals surface area contributed by atoms with Gasteiger partial charge in [0, 0.05) is 6.42 Å². The average Bonchev–Trinajstić information content (AvgIpc) is 3.10. The van der Waals surface area contributed by atoms with Gasteiger partial charge in [-0.25, -0.2) is 0 Å². The van der Waals surface area contributed by atoms with Crippen LogP contribution in [0.3, 0.4) is 0 Å². The van der Waals surface area contributed by atoms with Crippen molar-refractivity contribution < 1.29 is 4.74 Å². The highest BCUT2D eigenvalue weighted by Gasteiger charge is 2.41. The molecular weight excluding hydrogens is 292 g/mol. The Balaban J connectivity index is 1.80. The highest BCUT2D eigenvalue weighted by atomic mass is 32.1. The minimum atomic E-state index is -0.396. The largest absolute Gasteiger partial charge is 0.352 e. The molecule has 124 valence electrons. The maximum atomic E-state index is 6.80. The first-order chi connectivity index (χ1) is 10.8. The third-order valence-electron chi connectivity index (χ3n) is 5.68. The molecule has 2 aliphatic rings. The van der Waals surface area contributed by atoms with Gasteiger partial charge >= 0.3 is 0 Å². The summed E-state index contributed by atoms with van der Waals surface area (Å²) in [5.74, 6) is 1.65. The van der Waals surface area contributed by atoms with E-state index in [1.54, 1.807) is 11.3 Å². The molecule has 0 spiro atoms. The van der Waals surface area contributed by atoms with Crippen LogP contribution in [0.4, 0.5) is 0 Å². The van der Waals surface area contributed by atoms with Crippen molar-refractivity contribution >= 4 is 11.3 Å². The van der Waals surface area contributed by atoms with Crippen LogP contribution in [0.1, 0.15) is 56.2 Å². The maximum Gasteiger partial charge on any atom is 0.155 e. The summed E-state index contributed by atoms with van der Waals surface area (Å²) in [7, 11) is 2.01. The van der Waals surface area contributed by atoms with Crippen molar-refractivity contribution in [3.8, 4) is 0 Å². The first-order valence-electron chi connectivity index (χ1n) is 8.90. The van der Waals surface area contributed by atoms with Crippen molar-refractivity contribution in [3.05, 3.63) is 22.4 Å². The van der Waals surface area contributed by atoms with Gasteiger partial charge in [-0.1, -0.05) is 31.7 Å². The van der Waals surface area contributed by atoms with Gasteiger partial charge < -0.3 is 10.5 Å². The lowest BCUT2D eigenvalue weighted by molar-refractivity contribution is -0.161. The van der Waals surface area contributed by atoms with E-state index in [4.69, 9.17) is 10.5 Å². The molecular formula is C18H30N2OS. The molecule has 4 unspecified atom stereocenters.